The van der Waals surface area contributed by atoms with Gasteiger partial charge in [0.1, 0.15) is 13.2 Å². The summed E-state index contributed by atoms with van der Waals surface area (Å²) in [7, 11) is 0. The Kier molecular flexibility index (Phi) is 13.1. The lowest BCUT2D eigenvalue weighted by Gasteiger charge is -2.16. The van der Waals surface area contributed by atoms with Gasteiger partial charge in [-0.3, -0.25) is 14.4 Å². The number of esters is 3. The van der Waals surface area contributed by atoms with Gasteiger partial charge in [-0.15, -0.1) is 0 Å². The minimum Gasteiger partial charge on any atom is -0.462 e. The van der Waals surface area contributed by atoms with Crippen molar-refractivity contribution in [3.63, 3.8) is 0 Å². The molecule has 0 bridgehead atoms. The van der Waals surface area contributed by atoms with Gasteiger partial charge >= 0.3 is 17.9 Å². The van der Waals surface area contributed by atoms with Crippen molar-refractivity contribution in [2.24, 2.45) is 0 Å². The maximum atomic E-state index is 11.6. The minimum absolute atomic E-state index is 0.0950. The van der Waals surface area contributed by atoms with Crippen LogP contribution in [0.1, 0.15) is 72.1 Å². The zero-order chi connectivity index (χ0) is 17.5. The molecule has 0 fully saturated rings. The second-order valence-electron chi connectivity index (χ2n) is 5.59. The predicted octanol–water partition coefficient (Wildman–Crippen LogP) is 3.17. The number of hydrogen-bond donors (Lipinski definition) is 0. The van der Waals surface area contributed by atoms with Gasteiger partial charge in [0.05, 0.1) is 0 Å². The monoisotopic (exact) mass is 330 g/mol. The third-order valence-electron chi connectivity index (χ3n) is 3.22. The average molecular weight is 330 g/mol. The summed E-state index contributed by atoms with van der Waals surface area (Å²) >= 11 is 0. The Hall–Kier alpha value is -1.59. The molecule has 6 heteroatoms. The first-order valence-electron chi connectivity index (χ1n) is 8.41. The Labute approximate surface area is 138 Å². The van der Waals surface area contributed by atoms with Crippen molar-refractivity contribution in [1.29, 1.82) is 0 Å². The number of unbranched alkanes of at least 4 members (excludes halogenated alkanes) is 6. The lowest BCUT2D eigenvalue weighted by Crippen LogP contribution is -2.29. The highest BCUT2D eigenvalue weighted by Crippen LogP contribution is 2.09. The minimum atomic E-state index is -0.755. The van der Waals surface area contributed by atoms with Crippen LogP contribution in [-0.2, 0) is 28.6 Å². The Morgan fingerprint density at radius 1 is 0.783 bits per heavy atom. The van der Waals surface area contributed by atoms with Gasteiger partial charge in [0, 0.05) is 20.3 Å². The average Bonchev–Trinajstić information content (AvgIpc) is 2.48. The molecule has 0 N–H and O–H groups in total. The van der Waals surface area contributed by atoms with Crippen LogP contribution >= 0.6 is 0 Å². The van der Waals surface area contributed by atoms with Crippen molar-refractivity contribution in [2.75, 3.05) is 13.2 Å². The van der Waals surface area contributed by atoms with Crippen LogP contribution in [0.25, 0.3) is 0 Å². The fraction of sp³-hybridized carbons (Fsp3) is 0.824. The number of carbonyl (C=O) groups is 3. The summed E-state index contributed by atoms with van der Waals surface area (Å²) in [6.07, 6.45) is 7.50. The number of carbonyl (C=O) groups excluding carboxylic acids is 3. The third-order valence-corrected chi connectivity index (χ3v) is 3.22. The second kappa shape index (κ2) is 14.0. The van der Waals surface area contributed by atoms with E-state index in [0.29, 0.717) is 6.42 Å². The van der Waals surface area contributed by atoms with E-state index in [1.54, 1.807) is 0 Å². The molecule has 0 spiro atoms. The molecule has 0 amide bonds. The van der Waals surface area contributed by atoms with E-state index in [0.717, 1.165) is 19.3 Å². The maximum Gasteiger partial charge on any atom is 0.305 e. The Bertz CT molecular complexity index is 353. The van der Waals surface area contributed by atoms with Crippen LogP contribution in [-0.4, -0.2) is 37.2 Å². The van der Waals surface area contributed by atoms with Crippen LogP contribution in [0, 0.1) is 0 Å². The molecule has 0 aromatic carbocycles. The molecule has 0 heterocycles. The molecule has 0 aromatic rings. The molecular formula is C17H30O6. The van der Waals surface area contributed by atoms with E-state index in [2.05, 4.69) is 6.92 Å². The summed E-state index contributed by atoms with van der Waals surface area (Å²) in [5.41, 5.74) is 0. The summed E-state index contributed by atoms with van der Waals surface area (Å²) < 4.78 is 14.8. The van der Waals surface area contributed by atoms with Crippen LogP contribution < -0.4 is 0 Å². The quantitative estimate of drug-likeness (QED) is 0.293. The number of hydrogen-bond acceptors (Lipinski definition) is 6. The molecule has 1 atom stereocenters. The van der Waals surface area contributed by atoms with Gasteiger partial charge in [-0.25, -0.2) is 0 Å². The first kappa shape index (κ1) is 21.4. The fourth-order valence-electron chi connectivity index (χ4n) is 2.05. The lowest BCUT2D eigenvalue weighted by molar-refractivity contribution is -0.164. The van der Waals surface area contributed by atoms with Gasteiger partial charge in [-0.05, 0) is 6.42 Å². The van der Waals surface area contributed by atoms with E-state index in [1.807, 2.05) is 0 Å². The van der Waals surface area contributed by atoms with E-state index >= 15 is 0 Å². The Morgan fingerprint density at radius 2 is 1.35 bits per heavy atom. The number of ether oxygens (including phenoxy) is 3. The molecule has 6 nitrogen and oxygen atoms in total. The van der Waals surface area contributed by atoms with E-state index in [9.17, 15) is 14.4 Å². The number of rotatable bonds is 13. The summed E-state index contributed by atoms with van der Waals surface area (Å²) in [5, 5.41) is 0. The molecule has 0 aromatic heterocycles. The summed E-state index contributed by atoms with van der Waals surface area (Å²) in [6, 6.07) is 0. The molecular weight excluding hydrogens is 300 g/mol. The molecule has 0 aliphatic rings. The standard InChI is InChI=1S/C17H30O6/c1-4-5-6-7-8-9-10-11-17(20)22-13-16(23-15(3)19)12-21-14(2)18/h16H,4-13H2,1-3H3. The van der Waals surface area contributed by atoms with Crippen molar-refractivity contribution in [3.8, 4) is 0 Å². The summed E-state index contributed by atoms with van der Waals surface area (Å²) in [5.74, 6) is -1.31. The van der Waals surface area contributed by atoms with Crippen molar-refractivity contribution in [2.45, 2.75) is 78.2 Å². The molecule has 0 saturated carbocycles. The van der Waals surface area contributed by atoms with E-state index in [1.165, 1.54) is 39.5 Å². The molecule has 0 radical (unpaired) electrons. The Morgan fingerprint density at radius 3 is 1.91 bits per heavy atom. The highest BCUT2D eigenvalue weighted by molar-refractivity contribution is 5.69. The zero-order valence-corrected chi connectivity index (χ0v) is 14.6. The van der Waals surface area contributed by atoms with Crippen LogP contribution in [0.5, 0.6) is 0 Å². The highest BCUT2D eigenvalue weighted by atomic mass is 16.6. The van der Waals surface area contributed by atoms with Gasteiger partial charge in [-0.2, -0.15) is 0 Å². The van der Waals surface area contributed by atoms with Crippen molar-refractivity contribution >= 4 is 17.9 Å². The van der Waals surface area contributed by atoms with Crippen LogP contribution in [0.4, 0.5) is 0 Å². The third kappa shape index (κ3) is 15.1. The Balaban J connectivity index is 3.80. The summed E-state index contributed by atoms with van der Waals surface area (Å²) in [4.78, 5) is 33.4. The van der Waals surface area contributed by atoms with E-state index < -0.39 is 18.0 Å². The molecule has 0 saturated heterocycles. The van der Waals surface area contributed by atoms with E-state index in [4.69, 9.17) is 14.2 Å². The molecule has 1 unspecified atom stereocenters. The normalized spacial score (nSPS) is 11.6. The molecule has 0 aliphatic carbocycles. The first-order valence-corrected chi connectivity index (χ1v) is 8.41. The zero-order valence-electron chi connectivity index (χ0n) is 14.6. The van der Waals surface area contributed by atoms with Gasteiger partial charge < -0.3 is 14.2 Å². The molecule has 23 heavy (non-hydrogen) atoms. The van der Waals surface area contributed by atoms with Crippen molar-refractivity contribution < 1.29 is 28.6 Å². The van der Waals surface area contributed by atoms with Crippen LogP contribution in [0.15, 0.2) is 0 Å². The molecule has 0 aliphatic heterocycles. The predicted molar refractivity (Wildman–Crippen MR) is 85.8 cm³/mol. The maximum absolute atomic E-state index is 11.6. The first-order chi connectivity index (χ1) is 11.0. The lowest BCUT2D eigenvalue weighted by atomic mass is 10.1. The van der Waals surface area contributed by atoms with Gasteiger partial charge in [0.25, 0.3) is 0 Å². The highest BCUT2D eigenvalue weighted by Gasteiger charge is 2.16. The van der Waals surface area contributed by atoms with E-state index in [-0.39, 0.29) is 19.2 Å². The topological polar surface area (TPSA) is 78.9 Å². The molecule has 134 valence electrons. The fourth-order valence-corrected chi connectivity index (χ4v) is 2.05. The van der Waals surface area contributed by atoms with Gasteiger partial charge in [0.2, 0.25) is 0 Å². The van der Waals surface area contributed by atoms with Crippen molar-refractivity contribution in [3.05, 3.63) is 0 Å². The summed E-state index contributed by atoms with van der Waals surface area (Å²) in [6.45, 7) is 4.49. The largest absolute Gasteiger partial charge is 0.462 e. The van der Waals surface area contributed by atoms with Crippen LogP contribution in [0.2, 0.25) is 0 Å². The van der Waals surface area contributed by atoms with Gasteiger partial charge in [-0.1, -0.05) is 45.4 Å². The molecule has 0 rings (SSSR count). The smallest absolute Gasteiger partial charge is 0.305 e. The van der Waals surface area contributed by atoms with Crippen molar-refractivity contribution in [1.82, 2.24) is 0 Å². The van der Waals surface area contributed by atoms with Crippen LogP contribution in [0.3, 0.4) is 0 Å². The van der Waals surface area contributed by atoms with Gasteiger partial charge in [0.15, 0.2) is 6.10 Å². The second-order valence-corrected chi connectivity index (χ2v) is 5.59. The SMILES string of the molecule is CCCCCCCCCC(=O)OCC(COC(C)=O)OC(C)=O.